The average Bonchev–Trinajstić information content (AvgIpc) is 2.28. The Morgan fingerprint density at radius 2 is 2.35 bits per heavy atom. The number of hydrogen-bond acceptors (Lipinski definition) is 4. The van der Waals surface area contributed by atoms with Crippen LogP contribution in [0.4, 0.5) is 5.82 Å². The second kappa shape index (κ2) is 4.00. The lowest BCUT2D eigenvalue weighted by atomic mass is 9.87. The van der Waals surface area contributed by atoms with Gasteiger partial charge in [-0.15, -0.1) is 0 Å². The van der Waals surface area contributed by atoms with Crippen LogP contribution < -0.4 is 10.1 Å². The van der Waals surface area contributed by atoms with Crippen LogP contribution in [0.3, 0.4) is 0 Å². The number of rotatable bonds is 1. The molecule has 17 heavy (non-hydrogen) atoms. The Kier molecular flexibility index (Phi) is 2.79. The highest BCUT2D eigenvalue weighted by atomic mass is 79.9. The van der Waals surface area contributed by atoms with Gasteiger partial charge in [0.2, 0.25) is 0 Å². The van der Waals surface area contributed by atoms with Crippen molar-refractivity contribution < 1.29 is 9.53 Å². The zero-order valence-corrected chi connectivity index (χ0v) is 10.9. The normalized spacial score (nSPS) is 18.7. The van der Waals surface area contributed by atoms with Gasteiger partial charge in [0, 0.05) is 10.7 Å². The number of carbonyl (C=O) groups is 1. The zero-order chi connectivity index (χ0) is 12.6. The molecule has 1 atom stereocenters. The molecule has 1 unspecified atom stereocenters. The molecular formula is C11H10BrN3O2. The van der Waals surface area contributed by atoms with E-state index in [0.717, 1.165) is 4.47 Å². The number of nitrogens with one attached hydrogen (secondary N) is 1. The lowest BCUT2D eigenvalue weighted by Gasteiger charge is -2.31. The van der Waals surface area contributed by atoms with Gasteiger partial charge < -0.3 is 10.1 Å². The van der Waals surface area contributed by atoms with Gasteiger partial charge in [-0.2, -0.15) is 5.26 Å². The minimum absolute atomic E-state index is 0.348. The fourth-order valence-electron chi connectivity index (χ4n) is 1.50. The number of aromatic nitrogens is 1. The molecule has 2 rings (SSSR count). The Labute approximate surface area is 107 Å². The van der Waals surface area contributed by atoms with Crippen molar-refractivity contribution in [3.8, 4) is 11.8 Å². The van der Waals surface area contributed by atoms with E-state index >= 15 is 0 Å². The van der Waals surface area contributed by atoms with Crippen molar-refractivity contribution >= 4 is 27.7 Å². The van der Waals surface area contributed by atoms with E-state index in [1.165, 1.54) is 0 Å². The van der Waals surface area contributed by atoms with E-state index in [-0.39, 0.29) is 5.91 Å². The lowest BCUT2D eigenvalue weighted by Crippen LogP contribution is -2.46. The summed E-state index contributed by atoms with van der Waals surface area (Å²) in [5.41, 5.74) is -0.899. The predicted octanol–water partition coefficient (Wildman–Crippen LogP) is 2.09. The number of fused-ring (bicyclic) bond motifs is 1. The minimum atomic E-state index is -0.899. The van der Waals surface area contributed by atoms with Gasteiger partial charge >= 0.3 is 0 Å². The summed E-state index contributed by atoms with van der Waals surface area (Å²) in [6.07, 6.45) is 0.731. The van der Waals surface area contributed by atoms with Gasteiger partial charge in [-0.3, -0.25) is 4.79 Å². The van der Waals surface area contributed by atoms with Crippen LogP contribution in [0.25, 0.3) is 0 Å². The van der Waals surface area contributed by atoms with Gasteiger partial charge in [0.25, 0.3) is 5.91 Å². The molecule has 2 heterocycles. The van der Waals surface area contributed by atoms with Gasteiger partial charge in [0.15, 0.2) is 17.7 Å². The summed E-state index contributed by atoms with van der Waals surface area (Å²) in [4.78, 5) is 15.8. The number of amides is 1. The first kappa shape index (κ1) is 11.9. The van der Waals surface area contributed by atoms with Crippen molar-refractivity contribution in [2.24, 2.45) is 5.41 Å². The second-order valence-electron chi connectivity index (χ2n) is 4.32. The van der Waals surface area contributed by atoms with Gasteiger partial charge in [0.1, 0.15) is 0 Å². The predicted molar refractivity (Wildman–Crippen MR) is 64.4 cm³/mol. The van der Waals surface area contributed by atoms with Crippen molar-refractivity contribution in [3.63, 3.8) is 0 Å². The fraction of sp³-hybridized carbons (Fsp3) is 0.364. The van der Waals surface area contributed by atoms with Crippen molar-refractivity contribution in [1.29, 1.82) is 5.26 Å². The van der Waals surface area contributed by atoms with Crippen LogP contribution in [0.1, 0.15) is 13.8 Å². The van der Waals surface area contributed by atoms with Gasteiger partial charge in [-0.1, -0.05) is 0 Å². The molecule has 0 aliphatic carbocycles. The van der Waals surface area contributed by atoms with Crippen molar-refractivity contribution in [2.45, 2.75) is 20.0 Å². The minimum Gasteiger partial charge on any atom is -0.475 e. The first-order valence-electron chi connectivity index (χ1n) is 4.98. The van der Waals surface area contributed by atoms with Crippen molar-refractivity contribution in [3.05, 3.63) is 16.7 Å². The quantitative estimate of drug-likeness (QED) is 0.861. The third-order valence-corrected chi connectivity index (χ3v) is 2.92. The number of nitrogens with zero attached hydrogens (tertiary/aromatic N) is 2. The third kappa shape index (κ3) is 2.11. The topological polar surface area (TPSA) is 75.0 Å². The molecule has 1 aliphatic rings. The van der Waals surface area contributed by atoms with E-state index in [4.69, 9.17) is 10.00 Å². The molecule has 1 N–H and O–H groups in total. The number of anilines is 1. The largest absolute Gasteiger partial charge is 0.475 e. The van der Waals surface area contributed by atoms with Crippen LogP contribution >= 0.6 is 15.9 Å². The highest BCUT2D eigenvalue weighted by Crippen LogP contribution is 2.35. The molecule has 1 aromatic rings. The second-order valence-corrected chi connectivity index (χ2v) is 5.24. The van der Waals surface area contributed by atoms with Crippen LogP contribution in [-0.4, -0.2) is 17.0 Å². The lowest BCUT2D eigenvalue weighted by molar-refractivity contribution is -0.127. The Balaban J connectivity index is 2.39. The highest BCUT2D eigenvalue weighted by molar-refractivity contribution is 9.10. The number of nitriles is 1. The Morgan fingerprint density at radius 1 is 1.65 bits per heavy atom. The molecule has 1 amide bonds. The molecule has 0 bridgehead atoms. The summed E-state index contributed by atoms with van der Waals surface area (Å²) in [5, 5.41) is 11.7. The SMILES string of the molecule is CC(C)(C#N)C1Oc2cc(Br)cnc2NC1=O. The van der Waals surface area contributed by atoms with Crippen molar-refractivity contribution in [1.82, 2.24) is 4.98 Å². The van der Waals surface area contributed by atoms with E-state index < -0.39 is 11.5 Å². The maximum Gasteiger partial charge on any atom is 0.268 e. The van der Waals surface area contributed by atoms with Crippen LogP contribution in [0.5, 0.6) is 5.75 Å². The van der Waals surface area contributed by atoms with E-state index in [9.17, 15) is 4.79 Å². The Morgan fingerprint density at radius 3 is 3.00 bits per heavy atom. The summed E-state index contributed by atoms with van der Waals surface area (Å²) >= 11 is 3.27. The molecule has 0 radical (unpaired) electrons. The number of hydrogen-bond donors (Lipinski definition) is 1. The number of halogens is 1. The van der Waals surface area contributed by atoms with E-state index in [1.807, 2.05) is 0 Å². The molecule has 0 fully saturated rings. The van der Waals surface area contributed by atoms with Crippen LogP contribution in [0.15, 0.2) is 16.7 Å². The molecule has 0 spiro atoms. The maximum absolute atomic E-state index is 11.8. The fourth-order valence-corrected chi connectivity index (χ4v) is 1.81. The van der Waals surface area contributed by atoms with Crippen molar-refractivity contribution in [2.75, 3.05) is 5.32 Å². The summed E-state index contributed by atoms with van der Waals surface area (Å²) in [7, 11) is 0. The summed E-state index contributed by atoms with van der Waals surface area (Å²) in [5.74, 6) is 0.495. The zero-order valence-electron chi connectivity index (χ0n) is 9.32. The average molecular weight is 296 g/mol. The standard InChI is InChI=1S/C11H10BrN3O2/c1-11(2,5-13)8-10(16)15-9-7(17-8)3-6(12)4-14-9/h3-4,8H,1-2H3,(H,14,15,16). The summed E-state index contributed by atoms with van der Waals surface area (Å²) in [6, 6.07) is 3.78. The van der Waals surface area contributed by atoms with E-state index in [2.05, 4.69) is 32.3 Å². The number of carbonyl (C=O) groups excluding carboxylic acids is 1. The Hall–Kier alpha value is -1.61. The first-order valence-corrected chi connectivity index (χ1v) is 5.77. The van der Waals surface area contributed by atoms with Gasteiger partial charge in [0.05, 0.1) is 11.5 Å². The van der Waals surface area contributed by atoms with Crippen LogP contribution in [0, 0.1) is 16.7 Å². The monoisotopic (exact) mass is 295 g/mol. The molecule has 0 aromatic carbocycles. The molecule has 5 nitrogen and oxygen atoms in total. The third-order valence-electron chi connectivity index (χ3n) is 2.49. The van der Waals surface area contributed by atoms with E-state index in [0.29, 0.717) is 11.6 Å². The van der Waals surface area contributed by atoms with Crippen LogP contribution in [0.2, 0.25) is 0 Å². The highest BCUT2D eigenvalue weighted by Gasteiger charge is 2.41. The molecule has 0 saturated heterocycles. The number of ether oxygens (including phenoxy) is 1. The maximum atomic E-state index is 11.8. The number of pyridine rings is 1. The Bertz CT molecular complexity index is 522. The summed E-state index contributed by atoms with van der Waals surface area (Å²) < 4.78 is 6.30. The van der Waals surface area contributed by atoms with Gasteiger partial charge in [-0.05, 0) is 35.8 Å². The van der Waals surface area contributed by atoms with E-state index in [1.54, 1.807) is 26.1 Å². The smallest absolute Gasteiger partial charge is 0.268 e. The molecule has 1 aliphatic heterocycles. The molecule has 88 valence electrons. The molecule has 6 heteroatoms. The van der Waals surface area contributed by atoms with Gasteiger partial charge in [-0.25, -0.2) is 4.98 Å². The van der Waals surface area contributed by atoms with Crippen LogP contribution in [-0.2, 0) is 4.79 Å². The summed E-state index contributed by atoms with van der Waals surface area (Å²) in [6.45, 7) is 3.32. The molecule has 1 aromatic heterocycles. The molecular weight excluding hydrogens is 286 g/mol. The molecule has 0 saturated carbocycles. The first-order chi connectivity index (χ1) is 7.94.